The molecule has 0 bridgehead atoms. The van der Waals surface area contributed by atoms with Crippen LogP contribution in [0.4, 0.5) is 0 Å². The minimum absolute atomic E-state index is 0.159. The van der Waals surface area contributed by atoms with E-state index >= 15 is 0 Å². The standard InChI is InChI=1S/C18H20O5/c1-11(2)9-22-17(19)10-21-12-6-7-14-13-4-3-5-15(13)18(20)23-16(14)8-12/h6-8,11H,3-5,9-10H2,1-2H3. The SMILES string of the molecule is CC(C)COC(=O)COc1ccc2c3c(c(=O)oc2c1)CCC3. The highest BCUT2D eigenvalue weighted by atomic mass is 16.6. The van der Waals surface area contributed by atoms with Gasteiger partial charge < -0.3 is 13.9 Å². The van der Waals surface area contributed by atoms with E-state index in [2.05, 4.69) is 0 Å². The molecule has 0 atom stereocenters. The van der Waals surface area contributed by atoms with Crippen molar-refractivity contribution in [3.05, 3.63) is 39.7 Å². The summed E-state index contributed by atoms with van der Waals surface area (Å²) in [5.74, 6) is 0.366. The lowest BCUT2D eigenvalue weighted by atomic mass is 10.1. The first kappa shape index (κ1) is 15.6. The van der Waals surface area contributed by atoms with E-state index in [1.807, 2.05) is 19.9 Å². The fourth-order valence-electron chi connectivity index (χ4n) is 2.80. The predicted molar refractivity (Wildman–Crippen MR) is 85.8 cm³/mol. The second-order valence-corrected chi connectivity index (χ2v) is 6.22. The lowest BCUT2D eigenvalue weighted by molar-refractivity contribution is -0.147. The maximum absolute atomic E-state index is 12.0. The lowest BCUT2D eigenvalue weighted by Gasteiger charge is -2.09. The molecule has 0 saturated carbocycles. The molecular formula is C18H20O5. The summed E-state index contributed by atoms with van der Waals surface area (Å²) < 4.78 is 15.9. The van der Waals surface area contributed by atoms with Crippen LogP contribution in [0.2, 0.25) is 0 Å². The Morgan fingerprint density at radius 1 is 1.26 bits per heavy atom. The number of benzene rings is 1. The van der Waals surface area contributed by atoms with Crippen molar-refractivity contribution in [2.45, 2.75) is 33.1 Å². The summed E-state index contributed by atoms with van der Waals surface area (Å²) in [6.07, 6.45) is 2.67. The van der Waals surface area contributed by atoms with Crippen molar-refractivity contribution in [1.82, 2.24) is 0 Å². The number of carbonyl (C=O) groups excluding carboxylic acids is 1. The summed E-state index contributed by atoms with van der Waals surface area (Å²) >= 11 is 0. The average molecular weight is 316 g/mol. The van der Waals surface area contributed by atoms with E-state index in [1.54, 1.807) is 12.1 Å². The van der Waals surface area contributed by atoms with Gasteiger partial charge >= 0.3 is 11.6 Å². The molecule has 5 heteroatoms. The number of esters is 1. The first-order valence-corrected chi connectivity index (χ1v) is 7.91. The van der Waals surface area contributed by atoms with E-state index < -0.39 is 5.97 Å². The minimum Gasteiger partial charge on any atom is -0.482 e. The number of fused-ring (bicyclic) bond motifs is 3. The Morgan fingerprint density at radius 3 is 2.83 bits per heavy atom. The summed E-state index contributed by atoms with van der Waals surface area (Å²) in [4.78, 5) is 23.5. The Balaban J connectivity index is 1.75. The van der Waals surface area contributed by atoms with Crippen LogP contribution in [-0.4, -0.2) is 19.2 Å². The van der Waals surface area contributed by atoms with Crippen LogP contribution in [0.15, 0.2) is 27.4 Å². The number of ether oxygens (including phenoxy) is 2. The molecule has 0 fully saturated rings. The monoisotopic (exact) mass is 316 g/mol. The van der Waals surface area contributed by atoms with Gasteiger partial charge in [0.25, 0.3) is 0 Å². The topological polar surface area (TPSA) is 65.7 Å². The number of hydrogen-bond acceptors (Lipinski definition) is 5. The molecular weight excluding hydrogens is 296 g/mol. The zero-order chi connectivity index (χ0) is 16.4. The molecule has 23 heavy (non-hydrogen) atoms. The Kier molecular flexibility index (Phi) is 4.37. The van der Waals surface area contributed by atoms with E-state index in [9.17, 15) is 9.59 Å². The first-order valence-electron chi connectivity index (χ1n) is 7.91. The van der Waals surface area contributed by atoms with E-state index in [-0.39, 0.29) is 18.2 Å². The van der Waals surface area contributed by atoms with Gasteiger partial charge in [0.2, 0.25) is 0 Å². The van der Waals surface area contributed by atoms with Crippen molar-refractivity contribution in [2.75, 3.05) is 13.2 Å². The third-order valence-corrected chi connectivity index (χ3v) is 3.88. The third-order valence-electron chi connectivity index (χ3n) is 3.88. The molecule has 0 radical (unpaired) electrons. The van der Waals surface area contributed by atoms with E-state index in [1.165, 1.54) is 0 Å². The maximum atomic E-state index is 12.0. The van der Waals surface area contributed by atoms with Gasteiger partial charge in [0.1, 0.15) is 11.3 Å². The van der Waals surface area contributed by atoms with Crippen molar-refractivity contribution in [3.8, 4) is 5.75 Å². The van der Waals surface area contributed by atoms with Gasteiger partial charge in [0, 0.05) is 17.0 Å². The molecule has 0 spiro atoms. The number of hydrogen-bond donors (Lipinski definition) is 0. The van der Waals surface area contributed by atoms with Gasteiger partial charge in [-0.2, -0.15) is 0 Å². The van der Waals surface area contributed by atoms with E-state index in [0.717, 1.165) is 35.8 Å². The molecule has 0 amide bonds. The molecule has 1 heterocycles. The molecule has 0 saturated heterocycles. The van der Waals surface area contributed by atoms with Crippen LogP contribution in [0, 0.1) is 5.92 Å². The van der Waals surface area contributed by atoms with Crippen molar-refractivity contribution in [2.24, 2.45) is 5.92 Å². The fraction of sp³-hybridized carbons (Fsp3) is 0.444. The summed E-state index contributed by atoms with van der Waals surface area (Å²) in [7, 11) is 0. The summed E-state index contributed by atoms with van der Waals surface area (Å²) in [6, 6.07) is 5.33. The van der Waals surface area contributed by atoms with Crippen LogP contribution in [-0.2, 0) is 22.4 Å². The van der Waals surface area contributed by atoms with Gasteiger partial charge in [-0.15, -0.1) is 0 Å². The molecule has 122 valence electrons. The van der Waals surface area contributed by atoms with E-state index in [0.29, 0.717) is 17.9 Å². The van der Waals surface area contributed by atoms with Crippen LogP contribution >= 0.6 is 0 Å². The van der Waals surface area contributed by atoms with E-state index in [4.69, 9.17) is 13.9 Å². The first-order chi connectivity index (χ1) is 11.0. The van der Waals surface area contributed by atoms with Crippen LogP contribution < -0.4 is 10.4 Å². The molecule has 5 nitrogen and oxygen atoms in total. The lowest BCUT2D eigenvalue weighted by Crippen LogP contribution is -2.17. The number of aryl methyl sites for hydroxylation is 1. The summed E-state index contributed by atoms with van der Waals surface area (Å²) in [5, 5.41) is 0.951. The quantitative estimate of drug-likeness (QED) is 0.627. The molecule has 0 N–H and O–H groups in total. The summed E-state index contributed by atoms with van der Waals surface area (Å²) in [6.45, 7) is 4.16. The number of rotatable bonds is 5. The van der Waals surface area contributed by atoms with Gasteiger partial charge in [-0.1, -0.05) is 13.8 Å². The molecule has 0 unspecified atom stereocenters. The van der Waals surface area contributed by atoms with Crippen LogP contribution in [0.3, 0.4) is 0 Å². The Morgan fingerprint density at radius 2 is 2.04 bits per heavy atom. The normalized spacial score (nSPS) is 13.3. The zero-order valence-corrected chi connectivity index (χ0v) is 13.4. The highest BCUT2D eigenvalue weighted by Gasteiger charge is 2.19. The Hall–Kier alpha value is -2.30. The molecule has 1 aromatic carbocycles. The minimum atomic E-state index is -0.408. The fourth-order valence-corrected chi connectivity index (χ4v) is 2.80. The summed E-state index contributed by atoms with van der Waals surface area (Å²) in [5.41, 5.74) is 2.12. The highest BCUT2D eigenvalue weighted by molar-refractivity contribution is 5.83. The molecule has 3 rings (SSSR count). The van der Waals surface area contributed by atoms with Gasteiger partial charge in [-0.25, -0.2) is 9.59 Å². The second kappa shape index (κ2) is 6.44. The highest BCUT2D eigenvalue weighted by Crippen LogP contribution is 2.29. The molecule has 1 aromatic heterocycles. The largest absolute Gasteiger partial charge is 0.482 e. The molecule has 0 aliphatic heterocycles. The average Bonchev–Trinajstić information content (AvgIpc) is 3.01. The van der Waals surface area contributed by atoms with Gasteiger partial charge in [0.05, 0.1) is 6.61 Å². The number of carbonyl (C=O) groups is 1. The van der Waals surface area contributed by atoms with Gasteiger partial charge in [0.15, 0.2) is 6.61 Å². The molecule has 1 aliphatic carbocycles. The van der Waals surface area contributed by atoms with Crippen molar-refractivity contribution in [3.63, 3.8) is 0 Å². The van der Waals surface area contributed by atoms with Crippen molar-refractivity contribution >= 4 is 16.9 Å². The van der Waals surface area contributed by atoms with Crippen molar-refractivity contribution in [1.29, 1.82) is 0 Å². The molecule has 1 aliphatic rings. The smallest absolute Gasteiger partial charge is 0.344 e. The Labute approximate surface area is 134 Å². The van der Waals surface area contributed by atoms with Crippen LogP contribution in [0.5, 0.6) is 5.75 Å². The maximum Gasteiger partial charge on any atom is 0.344 e. The second-order valence-electron chi connectivity index (χ2n) is 6.22. The van der Waals surface area contributed by atoms with Gasteiger partial charge in [-0.3, -0.25) is 0 Å². The van der Waals surface area contributed by atoms with Crippen LogP contribution in [0.1, 0.15) is 31.4 Å². The van der Waals surface area contributed by atoms with Gasteiger partial charge in [-0.05, 0) is 42.9 Å². The van der Waals surface area contributed by atoms with Crippen molar-refractivity contribution < 1.29 is 18.7 Å². The predicted octanol–water partition coefficient (Wildman–Crippen LogP) is 2.86. The Bertz CT molecular complexity index is 788. The third kappa shape index (κ3) is 3.38. The molecule has 2 aromatic rings. The zero-order valence-electron chi connectivity index (χ0n) is 13.4. The van der Waals surface area contributed by atoms with Crippen LogP contribution in [0.25, 0.3) is 11.0 Å².